The summed E-state index contributed by atoms with van der Waals surface area (Å²) in [7, 11) is 3.03. The Hall–Kier alpha value is -3.36. The van der Waals surface area contributed by atoms with Gasteiger partial charge in [-0.3, -0.25) is 14.5 Å². The second-order valence-electron chi connectivity index (χ2n) is 7.79. The average Bonchev–Trinajstić information content (AvgIpc) is 3.38. The molecule has 1 aromatic heterocycles. The Morgan fingerprint density at radius 1 is 1.06 bits per heavy atom. The lowest BCUT2D eigenvalue weighted by atomic mass is 9.97. The molecule has 172 valence electrons. The van der Waals surface area contributed by atoms with Crippen molar-refractivity contribution >= 4 is 28.8 Å². The molecule has 2 aromatic carbocycles. The molecule has 7 nitrogen and oxygen atoms in total. The Balaban J connectivity index is 1.43. The lowest BCUT2D eigenvalue weighted by Crippen LogP contribution is -2.43. The quantitative estimate of drug-likeness (QED) is 0.521. The molecule has 0 fully saturated rings. The third-order valence-corrected chi connectivity index (χ3v) is 6.55. The van der Waals surface area contributed by atoms with Crippen LogP contribution in [0.4, 0.5) is 5.69 Å². The zero-order valence-corrected chi connectivity index (χ0v) is 19.5. The summed E-state index contributed by atoms with van der Waals surface area (Å²) in [6.45, 7) is 2.03. The molecule has 0 spiro atoms. The van der Waals surface area contributed by atoms with Gasteiger partial charge in [-0.1, -0.05) is 24.3 Å². The predicted octanol–water partition coefficient (Wildman–Crippen LogP) is 3.62. The van der Waals surface area contributed by atoms with Crippen molar-refractivity contribution in [2.24, 2.45) is 0 Å². The second kappa shape index (κ2) is 10.5. The number of fused-ring (bicyclic) bond motifs is 1. The Morgan fingerprint density at radius 3 is 2.61 bits per heavy atom. The Labute approximate surface area is 197 Å². The molecule has 1 aliphatic heterocycles. The van der Waals surface area contributed by atoms with Gasteiger partial charge in [0.2, 0.25) is 0 Å². The lowest BCUT2D eigenvalue weighted by molar-refractivity contribution is -0.136. The molecule has 1 aliphatic rings. The van der Waals surface area contributed by atoms with Crippen LogP contribution in [0, 0.1) is 0 Å². The highest BCUT2D eigenvalue weighted by molar-refractivity contribution is 7.08. The highest BCUT2D eigenvalue weighted by Crippen LogP contribution is 2.30. The van der Waals surface area contributed by atoms with Crippen molar-refractivity contribution < 1.29 is 19.1 Å². The number of rotatable bonds is 7. The van der Waals surface area contributed by atoms with Crippen LogP contribution in [0.5, 0.6) is 11.5 Å². The molecule has 2 heterocycles. The summed E-state index contributed by atoms with van der Waals surface area (Å²) in [6, 6.07) is 15.5. The molecule has 1 atom stereocenters. The van der Waals surface area contributed by atoms with E-state index in [4.69, 9.17) is 9.47 Å². The normalized spacial score (nSPS) is 14.1. The van der Waals surface area contributed by atoms with E-state index in [9.17, 15) is 9.59 Å². The summed E-state index contributed by atoms with van der Waals surface area (Å²) in [4.78, 5) is 27.6. The van der Waals surface area contributed by atoms with Crippen LogP contribution in [0.3, 0.4) is 0 Å². The summed E-state index contributed by atoms with van der Waals surface area (Å²) in [5.74, 6) is -0.457. The minimum atomic E-state index is -0.755. The summed E-state index contributed by atoms with van der Waals surface area (Å²) in [6.07, 6.45) is 0.959. The fourth-order valence-corrected chi connectivity index (χ4v) is 4.77. The summed E-state index contributed by atoms with van der Waals surface area (Å²) in [5, 5.41) is 9.57. The maximum Gasteiger partial charge on any atom is 0.313 e. The Morgan fingerprint density at radius 2 is 1.88 bits per heavy atom. The minimum Gasteiger partial charge on any atom is -0.497 e. The second-order valence-corrected chi connectivity index (χ2v) is 8.57. The molecule has 8 heteroatoms. The van der Waals surface area contributed by atoms with E-state index in [0.29, 0.717) is 23.7 Å². The minimum absolute atomic E-state index is 0.0206. The maximum absolute atomic E-state index is 12.6. The van der Waals surface area contributed by atoms with Crippen LogP contribution < -0.4 is 20.1 Å². The van der Waals surface area contributed by atoms with E-state index >= 15 is 0 Å². The average molecular weight is 466 g/mol. The monoisotopic (exact) mass is 465 g/mol. The fourth-order valence-electron chi connectivity index (χ4n) is 4.07. The van der Waals surface area contributed by atoms with E-state index in [1.807, 2.05) is 5.38 Å². The zero-order valence-electron chi connectivity index (χ0n) is 18.7. The van der Waals surface area contributed by atoms with Gasteiger partial charge in [0.1, 0.15) is 11.5 Å². The van der Waals surface area contributed by atoms with Gasteiger partial charge in [0.05, 0.1) is 25.9 Å². The van der Waals surface area contributed by atoms with Gasteiger partial charge in [0.25, 0.3) is 0 Å². The van der Waals surface area contributed by atoms with Crippen molar-refractivity contribution in [2.45, 2.75) is 19.0 Å². The molecule has 2 amide bonds. The highest BCUT2D eigenvalue weighted by atomic mass is 32.1. The van der Waals surface area contributed by atoms with Gasteiger partial charge in [0, 0.05) is 25.7 Å². The highest BCUT2D eigenvalue weighted by Gasteiger charge is 2.26. The number of ether oxygens (including phenoxy) is 2. The van der Waals surface area contributed by atoms with Crippen LogP contribution in [0.1, 0.15) is 22.7 Å². The third kappa shape index (κ3) is 5.35. The lowest BCUT2D eigenvalue weighted by Gasteiger charge is -2.35. The van der Waals surface area contributed by atoms with Crippen molar-refractivity contribution in [1.82, 2.24) is 10.2 Å². The van der Waals surface area contributed by atoms with E-state index in [0.717, 1.165) is 25.1 Å². The van der Waals surface area contributed by atoms with Gasteiger partial charge < -0.3 is 20.1 Å². The fraction of sp³-hybridized carbons (Fsp3) is 0.280. The molecule has 0 aliphatic carbocycles. The zero-order chi connectivity index (χ0) is 23.2. The van der Waals surface area contributed by atoms with Crippen LogP contribution in [-0.2, 0) is 22.6 Å². The number of hydrogen-bond donors (Lipinski definition) is 2. The van der Waals surface area contributed by atoms with Gasteiger partial charge in [-0.15, -0.1) is 0 Å². The van der Waals surface area contributed by atoms with Crippen LogP contribution in [0.15, 0.2) is 59.3 Å². The number of carbonyl (C=O) groups is 2. The molecule has 1 unspecified atom stereocenters. The first-order valence-corrected chi connectivity index (χ1v) is 11.7. The number of methoxy groups -OCH3 is 2. The molecule has 33 heavy (non-hydrogen) atoms. The van der Waals surface area contributed by atoms with Gasteiger partial charge in [-0.2, -0.15) is 11.3 Å². The predicted molar refractivity (Wildman–Crippen MR) is 129 cm³/mol. The molecule has 4 rings (SSSR count). The third-order valence-electron chi connectivity index (χ3n) is 5.85. The van der Waals surface area contributed by atoms with Gasteiger partial charge in [-0.05, 0) is 52.1 Å². The SMILES string of the molecule is COc1ccc(OC)c(NC(=O)C(=O)NCC(c2ccsc2)N2CCc3ccccc3C2)c1. The standard InChI is InChI=1S/C25H27N3O4S/c1-31-20-7-8-23(32-2)21(13-20)27-25(30)24(29)26-14-22(19-10-12-33-16-19)28-11-9-17-5-3-4-6-18(17)15-28/h3-8,10,12-13,16,22H,9,11,14-15H2,1-2H3,(H,26,29)(H,27,30). The van der Waals surface area contributed by atoms with Crippen LogP contribution >= 0.6 is 11.3 Å². The first-order chi connectivity index (χ1) is 16.1. The largest absolute Gasteiger partial charge is 0.497 e. The van der Waals surface area contributed by atoms with E-state index in [1.165, 1.54) is 25.3 Å². The Kier molecular flexibility index (Phi) is 7.26. The van der Waals surface area contributed by atoms with Crippen molar-refractivity contribution in [1.29, 1.82) is 0 Å². The van der Waals surface area contributed by atoms with Gasteiger partial charge in [0.15, 0.2) is 0 Å². The molecule has 0 saturated heterocycles. The van der Waals surface area contributed by atoms with Crippen LogP contribution in [0.25, 0.3) is 0 Å². The number of thiophene rings is 1. The molecular weight excluding hydrogens is 438 g/mol. The van der Waals surface area contributed by atoms with E-state index in [-0.39, 0.29) is 6.04 Å². The number of carbonyl (C=O) groups excluding carboxylic acids is 2. The molecular formula is C25H27N3O4S. The summed E-state index contributed by atoms with van der Waals surface area (Å²) < 4.78 is 10.5. The van der Waals surface area contributed by atoms with E-state index in [1.54, 1.807) is 29.5 Å². The topological polar surface area (TPSA) is 79.9 Å². The first kappa shape index (κ1) is 22.8. The molecule has 0 saturated carbocycles. The van der Waals surface area contributed by atoms with Gasteiger partial charge in [-0.25, -0.2) is 0 Å². The number of hydrogen-bond acceptors (Lipinski definition) is 6. The molecule has 0 bridgehead atoms. The number of anilines is 1. The van der Waals surface area contributed by atoms with Crippen LogP contribution in [0.2, 0.25) is 0 Å². The summed E-state index contributed by atoms with van der Waals surface area (Å²) >= 11 is 1.62. The first-order valence-electron chi connectivity index (χ1n) is 10.7. The van der Waals surface area contributed by atoms with E-state index in [2.05, 4.69) is 51.2 Å². The smallest absolute Gasteiger partial charge is 0.313 e. The molecule has 0 radical (unpaired) electrons. The molecule has 3 aromatic rings. The van der Waals surface area contributed by atoms with Crippen molar-refractivity contribution in [2.75, 3.05) is 32.6 Å². The van der Waals surface area contributed by atoms with Crippen LogP contribution in [-0.4, -0.2) is 44.0 Å². The van der Waals surface area contributed by atoms with Crippen molar-refractivity contribution in [3.63, 3.8) is 0 Å². The van der Waals surface area contributed by atoms with E-state index < -0.39 is 11.8 Å². The number of nitrogens with one attached hydrogen (secondary N) is 2. The number of amides is 2. The number of nitrogens with zero attached hydrogens (tertiary/aromatic N) is 1. The van der Waals surface area contributed by atoms with Crippen molar-refractivity contribution in [3.8, 4) is 11.5 Å². The van der Waals surface area contributed by atoms with Gasteiger partial charge >= 0.3 is 11.8 Å². The summed E-state index contributed by atoms with van der Waals surface area (Å²) in [5.41, 5.74) is 4.18. The molecule has 2 N–H and O–H groups in total. The van der Waals surface area contributed by atoms with Crippen molar-refractivity contribution in [3.05, 3.63) is 76.0 Å². The maximum atomic E-state index is 12.6. The Bertz CT molecular complexity index is 1120. The number of benzene rings is 2.